The minimum Gasteiger partial charge on any atom is -0.454 e. The molecule has 6 rings (SSSR count). The number of carbonyl (C=O) groups is 1. The second-order valence-corrected chi connectivity index (χ2v) is 10.5. The molecule has 2 aromatic heterocycles. The fourth-order valence-corrected chi connectivity index (χ4v) is 6.25. The van der Waals surface area contributed by atoms with Crippen LogP contribution in [0, 0.1) is 0 Å². The number of amides is 1. The maximum Gasteiger partial charge on any atom is 0.272 e. The zero-order chi connectivity index (χ0) is 23.8. The normalized spacial score (nSPS) is 16.9. The summed E-state index contributed by atoms with van der Waals surface area (Å²) < 4.78 is 19.8. The first-order valence-corrected chi connectivity index (χ1v) is 13.3. The van der Waals surface area contributed by atoms with E-state index in [1.165, 1.54) is 23.1 Å². The number of fused-ring (bicyclic) bond motifs is 4. The third-order valence-electron chi connectivity index (χ3n) is 6.11. The Bertz CT molecular complexity index is 1480. The van der Waals surface area contributed by atoms with Crippen molar-refractivity contribution in [3.05, 3.63) is 58.4 Å². The maximum absolute atomic E-state index is 13.6. The SMILES string of the molecule is O=C(CSc1nc2c(sc3ccccc32)c(=O)n1Cc1ccc2c(c1)OCO2)NCC1CCCO1. The first kappa shape index (κ1) is 22.4. The summed E-state index contributed by atoms with van der Waals surface area (Å²) in [6.45, 7) is 1.76. The largest absolute Gasteiger partial charge is 0.454 e. The average molecular weight is 510 g/mol. The van der Waals surface area contributed by atoms with Crippen molar-refractivity contribution < 1.29 is 19.0 Å². The van der Waals surface area contributed by atoms with E-state index in [-0.39, 0.29) is 30.1 Å². The smallest absolute Gasteiger partial charge is 0.272 e. The number of hydrogen-bond acceptors (Lipinski definition) is 8. The van der Waals surface area contributed by atoms with Crippen molar-refractivity contribution in [3.8, 4) is 11.5 Å². The molecule has 2 aliphatic heterocycles. The number of carbonyl (C=O) groups excluding carboxylic acids is 1. The molecule has 0 bridgehead atoms. The van der Waals surface area contributed by atoms with Crippen molar-refractivity contribution >= 4 is 49.3 Å². The fraction of sp³-hybridized carbons (Fsp3) is 0.320. The Hall–Kier alpha value is -3.08. The summed E-state index contributed by atoms with van der Waals surface area (Å²) in [5.41, 5.74) is 1.46. The molecule has 0 spiro atoms. The van der Waals surface area contributed by atoms with Crippen LogP contribution >= 0.6 is 23.1 Å². The zero-order valence-electron chi connectivity index (χ0n) is 18.8. The van der Waals surface area contributed by atoms with Gasteiger partial charge in [0.05, 0.1) is 23.9 Å². The third kappa shape index (κ3) is 4.49. The molecule has 4 heterocycles. The van der Waals surface area contributed by atoms with Gasteiger partial charge in [-0.1, -0.05) is 36.0 Å². The molecule has 2 aliphatic rings. The Morgan fingerprint density at radius 1 is 1.20 bits per heavy atom. The maximum atomic E-state index is 13.6. The summed E-state index contributed by atoms with van der Waals surface area (Å²) in [6.07, 6.45) is 2.08. The first-order valence-electron chi connectivity index (χ1n) is 11.5. The molecule has 35 heavy (non-hydrogen) atoms. The molecule has 0 radical (unpaired) electrons. The van der Waals surface area contributed by atoms with Crippen molar-refractivity contribution in [2.24, 2.45) is 0 Å². The number of ether oxygens (including phenoxy) is 3. The second-order valence-electron chi connectivity index (χ2n) is 8.48. The number of rotatable bonds is 7. The van der Waals surface area contributed by atoms with Gasteiger partial charge in [0.1, 0.15) is 4.70 Å². The molecule has 1 atom stereocenters. The summed E-state index contributed by atoms with van der Waals surface area (Å²) in [7, 11) is 0. The minimum atomic E-state index is -0.115. The van der Waals surface area contributed by atoms with Crippen LogP contribution in [-0.4, -0.2) is 47.3 Å². The number of aromatic nitrogens is 2. The first-order chi connectivity index (χ1) is 17.2. The van der Waals surface area contributed by atoms with Crippen LogP contribution in [0.15, 0.2) is 52.4 Å². The summed E-state index contributed by atoms with van der Waals surface area (Å²) in [4.78, 5) is 31.1. The minimum absolute atomic E-state index is 0.0831. The van der Waals surface area contributed by atoms with E-state index >= 15 is 0 Å². The van der Waals surface area contributed by atoms with Gasteiger partial charge < -0.3 is 19.5 Å². The molecule has 1 N–H and O–H groups in total. The lowest BCUT2D eigenvalue weighted by Crippen LogP contribution is -2.33. The van der Waals surface area contributed by atoms with Gasteiger partial charge in [-0.05, 0) is 36.6 Å². The van der Waals surface area contributed by atoms with Crippen molar-refractivity contribution in [2.75, 3.05) is 25.7 Å². The Balaban J connectivity index is 1.32. The third-order valence-corrected chi connectivity index (χ3v) is 8.23. The van der Waals surface area contributed by atoms with Gasteiger partial charge in [0.25, 0.3) is 5.56 Å². The lowest BCUT2D eigenvalue weighted by molar-refractivity contribution is -0.119. The van der Waals surface area contributed by atoms with Crippen LogP contribution in [0.4, 0.5) is 0 Å². The topological polar surface area (TPSA) is 91.7 Å². The molecule has 8 nitrogen and oxygen atoms in total. The molecule has 1 unspecified atom stereocenters. The highest BCUT2D eigenvalue weighted by atomic mass is 32.2. The predicted molar refractivity (Wildman–Crippen MR) is 136 cm³/mol. The molecule has 1 amide bonds. The van der Waals surface area contributed by atoms with Gasteiger partial charge in [0.15, 0.2) is 16.7 Å². The number of thioether (sulfide) groups is 1. The van der Waals surface area contributed by atoms with Gasteiger partial charge >= 0.3 is 0 Å². The van der Waals surface area contributed by atoms with Gasteiger partial charge in [-0.3, -0.25) is 14.2 Å². The summed E-state index contributed by atoms with van der Waals surface area (Å²) >= 11 is 2.72. The lowest BCUT2D eigenvalue weighted by Gasteiger charge is -2.13. The molecule has 0 aliphatic carbocycles. The Morgan fingerprint density at radius 3 is 2.97 bits per heavy atom. The van der Waals surface area contributed by atoms with Gasteiger partial charge in [0.2, 0.25) is 12.7 Å². The monoisotopic (exact) mass is 509 g/mol. The Morgan fingerprint density at radius 2 is 2.09 bits per heavy atom. The number of thiophene rings is 1. The standard InChI is InChI=1S/C25H23N3O5S2/c29-21(26-11-16-4-3-9-31-16)13-34-25-27-22-17-5-1-2-6-20(17)35-23(22)24(30)28(25)12-15-7-8-18-19(10-15)33-14-32-18/h1-2,5-8,10,16H,3-4,9,11-14H2,(H,26,29). The molecule has 10 heteroatoms. The summed E-state index contributed by atoms with van der Waals surface area (Å²) in [6, 6.07) is 13.5. The van der Waals surface area contributed by atoms with Gasteiger partial charge in [-0.25, -0.2) is 4.98 Å². The van der Waals surface area contributed by atoms with Crippen LogP contribution in [0.2, 0.25) is 0 Å². The van der Waals surface area contributed by atoms with E-state index in [0.29, 0.717) is 40.0 Å². The van der Waals surface area contributed by atoms with E-state index in [9.17, 15) is 9.59 Å². The number of nitrogens with zero attached hydrogens (tertiary/aromatic N) is 2. The van der Waals surface area contributed by atoms with E-state index in [0.717, 1.165) is 35.1 Å². The second kappa shape index (κ2) is 9.52. The zero-order valence-corrected chi connectivity index (χ0v) is 20.5. The summed E-state index contributed by atoms with van der Waals surface area (Å²) in [5.74, 6) is 1.41. The van der Waals surface area contributed by atoms with Crippen molar-refractivity contribution in [1.29, 1.82) is 0 Å². The predicted octanol–water partition coefficient (Wildman–Crippen LogP) is 3.78. The molecule has 2 aromatic carbocycles. The van der Waals surface area contributed by atoms with Crippen LogP contribution < -0.4 is 20.3 Å². The van der Waals surface area contributed by atoms with E-state index in [2.05, 4.69) is 5.32 Å². The Kier molecular flexibility index (Phi) is 6.09. The van der Waals surface area contributed by atoms with Crippen molar-refractivity contribution in [1.82, 2.24) is 14.9 Å². The van der Waals surface area contributed by atoms with Crippen molar-refractivity contribution in [3.63, 3.8) is 0 Å². The molecule has 4 aromatic rings. The van der Waals surface area contributed by atoms with Crippen LogP contribution in [0.25, 0.3) is 20.3 Å². The molecule has 1 saturated heterocycles. The lowest BCUT2D eigenvalue weighted by atomic mass is 10.2. The molecular formula is C25H23N3O5S2. The average Bonchev–Trinajstić information content (AvgIpc) is 3.63. The van der Waals surface area contributed by atoms with E-state index < -0.39 is 0 Å². The van der Waals surface area contributed by atoms with Crippen molar-refractivity contribution in [2.45, 2.75) is 30.6 Å². The number of nitrogens with one attached hydrogen (secondary N) is 1. The van der Waals surface area contributed by atoms with E-state index in [4.69, 9.17) is 19.2 Å². The molecule has 180 valence electrons. The number of hydrogen-bond donors (Lipinski definition) is 1. The van der Waals surface area contributed by atoms with Gasteiger partial charge in [0, 0.05) is 23.2 Å². The van der Waals surface area contributed by atoms with E-state index in [1.54, 1.807) is 4.57 Å². The van der Waals surface area contributed by atoms with E-state index in [1.807, 2.05) is 42.5 Å². The molecule has 0 saturated carbocycles. The molecule has 1 fully saturated rings. The highest BCUT2D eigenvalue weighted by Gasteiger charge is 2.20. The highest BCUT2D eigenvalue weighted by molar-refractivity contribution is 7.99. The van der Waals surface area contributed by atoms with Gasteiger partial charge in [-0.2, -0.15) is 0 Å². The number of benzene rings is 2. The summed E-state index contributed by atoms with van der Waals surface area (Å²) in [5, 5.41) is 4.40. The quantitative estimate of drug-likeness (QED) is 0.299. The molecular weight excluding hydrogens is 486 g/mol. The fourth-order valence-electron chi connectivity index (χ4n) is 4.34. The van der Waals surface area contributed by atoms with Crippen LogP contribution in [0.1, 0.15) is 18.4 Å². The van der Waals surface area contributed by atoms with Gasteiger partial charge in [-0.15, -0.1) is 11.3 Å². The highest BCUT2D eigenvalue weighted by Crippen LogP contribution is 2.34. The van der Waals surface area contributed by atoms with Crippen LogP contribution in [0.5, 0.6) is 11.5 Å². The van der Waals surface area contributed by atoms with Crippen LogP contribution in [-0.2, 0) is 16.1 Å². The Labute approximate surface area is 209 Å². The van der Waals surface area contributed by atoms with Crippen LogP contribution in [0.3, 0.4) is 0 Å².